The standard InChI is InChI=1S/C25H23N3O5/c26-16-17-10-12-18(13-11-17)27-25(31)33-23(8-2-1-3-9-24(30)28-32)21-14-15-22(29)20-7-5-4-6-19(20)21/h3-7,9-15,23,29,32H,1-2,8H2,(H,27,31)(H,28,30)/b9-3+/t23-/m0/s1. The number of hydroxylamine groups is 1. The van der Waals surface area contributed by atoms with Crippen LogP contribution < -0.4 is 10.8 Å². The number of phenolic OH excluding ortho intramolecular Hbond substituents is 1. The zero-order valence-corrected chi connectivity index (χ0v) is 17.7. The molecule has 0 radical (unpaired) electrons. The summed E-state index contributed by atoms with van der Waals surface area (Å²) in [6.07, 6.45) is 3.16. The van der Waals surface area contributed by atoms with Crippen molar-refractivity contribution < 1.29 is 24.6 Å². The first-order valence-electron chi connectivity index (χ1n) is 10.3. The molecule has 2 amide bonds. The lowest BCUT2D eigenvalue weighted by atomic mass is 9.96. The predicted octanol–water partition coefficient (Wildman–Crippen LogP) is 4.94. The van der Waals surface area contributed by atoms with Crippen molar-refractivity contribution >= 4 is 28.5 Å². The molecular weight excluding hydrogens is 422 g/mol. The van der Waals surface area contributed by atoms with Crippen LogP contribution in [0.3, 0.4) is 0 Å². The van der Waals surface area contributed by atoms with Gasteiger partial charge in [-0.1, -0.05) is 36.4 Å². The van der Waals surface area contributed by atoms with E-state index in [9.17, 15) is 14.7 Å². The summed E-state index contributed by atoms with van der Waals surface area (Å²) in [6.45, 7) is 0. The fraction of sp³-hybridized carbons (Fsp3) is 0.160. The normalized spacial score (nSPS) is 11.6. The number of ether oxygens (including phenoxy) is 1. The predicted molar refractivity (Wildman–Crippen MR) is 123 cm³/mol. The molecule has 0 unspecified atom stereocenters. The van der Waals surface area contributed by atoms with Crippen LogP contribution in [0.25, 0.3) is 10.8 Å². The Labute approximate surface area is 190 Å². The lowest BCUT2D eigenvalue weighted by molar-refractivity contribution is -0.124. The molecule has 8 nitrogen and oxygen atoms in total. The summed E-state index contributed by atoms with van der Waals surface area (Å²) in [5.74, 6) is -0.484. The number of phenols is 1. The van der Waals surface area contributed by atoms with E-state index in [1.807, 2.05) is 24.3 Å². The van der Waals surface area contributed by atoms with E-state index in [-0.39, 0.29) is 5.75 Å². The fourth-order valence-corrected chi connectivity index (χ4v) is 3.42. The van der Waals surface area contributed by atoms with Crippen LogP contribution in [0.15, 0.2) is 72.8 Å². The molecule has 8 heteroatoms. The van der Waals surface area contributed by atoms with Crippen LogP contribution in [0.4, 0.5) is 10.5 Å². The van der Waals surface area contributed by atoms with Crippen LogP contribution in [-0.2, 0) is 9.53 Å². The monoisotopic (exact) mass is 445 g/mol. The highest BCUT2D eigenvalue weighted by Crippen LogP contribution is 2.34. The number of amides is 2. The Morgan fingerprint density at radius 1 is 1.06 bits per heavy atom. The summed E-state index contributed by atoms with van der Waals surface area (Å²) in [5.41, 5.74) is 3.24. The quantitative estimate of drug-likeness (QED) is 0.168. The molecule has 0 fully saturated rings. The Hall–Kier alpha value is -4.35. The van der Waals surface area contributed by atoms with Gasteiger partial charge in [0.25, 0.3) is 5.91 Å². The van der Waals surface area contributed by atoms with Crippen LogP contribution in [-0.4, -0.2) is 22.3 Å². The van der Waals surface area contributed by atoms with Gasteiger partial charge in [0.1, 0.15) is 11.9 Å². The average Bonchev–Trinajstić information content (AvgIpc) is 2.84. The van der Waals surface area contributed by atoms with E-state index in [0.717, 1.165) is 10.9 Å². The SMILES string of the molecule is N#Cc1ccc(NC(=O)O[C@@H](CCC/C=C/C(=O)NO)c2ccc(O)c3ccccc23)cc1. The van der Waals surface area contributed by atoms with Gasteiger partial charge in [-0.05, 0) is 55.0 Å². The summed E-state index contributed by atoms with van der Waals surface area (Å²) in [4.78, 5) is 23.7. The van der Waals surface area contributed by atoms with E-state index in [2.05, 4.69) is 5.32 Å². The molecule has 0 aliphatic rings. The molecule has 1 atom stereocenters. The maximum Gasteiger partial charge on any atom is 0.412 e. The van der Waals surface area contributed by atoms with Gasteiger partial charge in [-0.15, -0.1) is 0 Å². The summed E-state index contributed by atoms with van der Waals surface area (Å²) in [5, 5.41) is 31.7. The number of aromatic hydroxyl groups is 1. The van der Waals surface area contributed by atoms with E-state index in [1.165, 1.54) is 11.6 Å². The minimum atomic E-state index is -0.655. The molecule has 0 heterocycles. The second-order valence-electron chi connectivity index (χ2n) is 7.24. The van der Waals surface area contributed by atoms with Crippen LogP contribution in [0, 0.1) is 11.3 Å². The highest BCUT2D eigenvalue weighted by Gasteiger charge is 2.20. The highest BCUT2D eigenvalue weighted by atomic mass is 16.6. The maximum absolute atomic E-state index is 12.6. The zero-order valence-electron chi connectivity index (χ0n) is 17.7. The Bertz CT molecular complexity index is 1200. The van der Waals surface area contributed by atoms with Crippen molar-refractivity contribution in [1.29, 1.82) is 5.26 Å². The number of rotatable bonds is 8. The minimum Gasteiger partial charge on any atom is -0.507 e. The Kier molecular flexibility index (Phi) is 8.00. The second kappa shape index (κ2) is 11.3. The van der Waals surface area contributed by atoms with Crippen molar-refractivity contribution in [3.05, 3.63) is 83.9 Å². The van der Waals surface area contributed by atoms with Crippen molar-refractivity contribution in [1.82, 2.24) is 5.48 Å². The Balaban J connectivity index is 1.79. The van der Waals surface area contributed by atoms with Crippen molar-refractivity contribution in [3.63, 3.8) is 0 Å². The van der Waals surface area contributed by atoms with E-state index in [1.54, 1.807) is 48.5 Å². The smallest absolute Gasteiger partial charge is 0.412 e. The van der Waals surface area contributed by atoms with Crippen LogP contribution in [0.2, 0.25) is 0 Å². The third-order valence-corrected chi connectivity index (χ3v) is 5.01. The molecule has 4 N–H and O–H groups in total. The molecule has 0 aromatic heterocycles. The molecule has 3 aromatic carbocycles. The first-order valence-corrected chi connectivity index (χ1v) is 10.3. The number of nitriles is 1. The van der Waals surface area contributed by atoms with Crippen molar-refractivity contribution in [3.8, 4) is 11.8 Å². The molecule has 0 bridgehead atoms. The molecular formula is C25H23N3O5. The van der Waals surface area contributed by atoms with Crippen LogP contribution in [0.1, 0.15) is 36.5 Å². The fourth-order valence-electron chi connectivity index (χ4n) is 3.42. The van der Waals surface area contributed by atoms with Crippen molar-refractivity contribution in [2.75, 3.05) is 5.32 Å². The number of carbonyl (C=O) groups excluding carboxylic acids is 2. The number of hydrogen-bond donors (Lipinski definition) is 4. The number of unbranched alkanes of at least 4 members (excludes halogenated alkanes) is 1. The van der Waals surface area contributed by atoms with Gasteiger partial charge < -0.3 is 9.84 Å². The molecule has 168 valence electrons. The van der Waals surface area contributed by atoms with E-state index in [0.29, 0.717) is 35.9 Å². The lowest BCUT2D eigenvalue weighted by Crippen LogP contribution is -2.18. The molecule has 0 aliphatic carbocycles. The maximum atomic E-state index is 12.6. The Morgan fingerprint density at radius 2 is 1.79 bits per heavy atom. The topological polar surface area (TPSA) is 132 Å². The molecule has 0 spiro atoms. The van der Waals surface area contributed by atoms with Crippen LogP contribution in [0.5, 0.6) is 5.75 Å². The summed E-state index contributed by atoms with van der Waals surface area (Å²) < 4.78 is 5.75. The minimum absolute atomic E-state index is 0.132. The van der Waals surface area contributed by atoms with E-state index in [4.69, 9.17) is 15.2 Å². The van der Waals surface area contributed by atoms with E-state index >= 15 is 0 Å². The van der Waals surface area contributed by atoms with Gasteiger partial charge in [0, 0.05) is 22.7 Å². The number of anilines is 1. The van der Waals surface area contributed by atoms with Gasteiger partial charge in [-0.3, -0.25) is 15.3 Å². The summed E-state index contributed by atoms with van der Waals surface area (Å²) in [6, 6.07) is 19.0. The van der Waals surface area contributed by atoms with Crippen molar-refractivity contribution in [2.24, 2.45) is 0 Å². The Morgan fingerprint density at radius 3 is 2.48 bits per heavy atom. The number of allylic oxidation sites excluding steroid dienone is 1. The van der Waals surface area contributed by atoms with Gasteiger partial charge in [0.2, 0.25) is 0 Å². The number of nitrogens with zero attached hydrogens (tertiary/aromatic N) is 1. The second-order valence-corrected chi connectivity index (χ2v) is 7.24. The summed E-state index contributed by atoms with van der Waals surface area (Å²) >= 11 is 0. The number of hydrogen-bond acceptors (Lipinski definition) is 6. The molecule has 33 heavy (non-hydrogen) atoms. The van der Waals surface area contributed by atoms with E-state index < -0.39 is 18.1 Å². The first kappa shape index (κ1) is 23.3. The van der Waals surface area contributed by atoms with Gasteiger partial charge in [0.15, 0.2) is 0 Å². The molecule has 0 saturated heterocycles. The van der Waals surface area contributed by atoms with Gasteiger partial charge in [-0.2, -0.15) is 5.26 Å². The molecule has 3 rings (SSSR count). The molecule has 3 aromatic rings. The van der Waals surface area contributed by atoms with Crippen LogP contribution >= 0.6 is 0 Å². The summed E-state index contributed by atoms with van der Waals surface area (Å²) in [7, 11) is 0. The van der Waals surface area contributed by atoms with Gasteiger partial charge in [-0.25, -0.2) is 10.3 Å². The third-order valence-electron chi connectivity index (χ3n) is 5.01. The van der Waals surface area contributed by atoms with Crippen molar-refractivity contribution in [2.45, 2.75) is 25.4 Å². The zero-order chi connectivity index (χ0) is 23.6. The number of carbonyl (C=O) groups is 2. The third kappa shape index (κ3) is 6.32. The number of benzene rings is 3. The largest absolute Gasteiger partial charge is 0.507 e. The van der Waals surface area contributed by atoms with Gasteiger partial charge in [0.05, 0.1) is 11.6 Å². The molecule has 0 saturated carbocycles. The number of fused-ring (bicyclic) bond motifs is 1. The number of nitrogens with one attached hydrogen (secondary N) is 2. The first-order chi connectivity index (χ1) is 16.0. The lowest BCUT2D eigenvalue weighted by Gasteiger charge is -2.20. The molecule has 0 aliphatic heterocycles. The highest BCUT2D eigenvalue weighted by molar-refractivity contribution is 5.91. The van der Waals surface area contributed by atoms with Gasteiger partial charge >= 0.3 is 6.09 Å². The average molecular weight is 445 g/mol.